The summed E-state index contributed by atoms with van der Waals surface area (Å²) in [5.74, 6) is 0.471. The van der Waals surface area contributed by atoms with Crippen molar-refractivity contribution < 1.29 is 14.3 Å². The molecule has 1 saturated heterocycles. The summed E-state index contributed by atoms with van der Waals surface area (Å²) in [6, 6.07) is 12.3. The molecule has 2 aromatic carbocycles. The van der Waals surface area contributed by atoms with E-state index in [0.29, 0.717) is 22.6 Å². The fourth-order valence-corrected chi connectivity index (χ4v) is 3.50. The number of amides is 2. The Morgan fingerprint density at radius 1 is 1.07 bits per heavy atom. The molecule has 2 amide bonds. The lowest BCUT2D eigenvalue weighted by atomic mass is 10.1. The maximum Gasteiger partial charge on any atom is 0.255 e. The molecule has 2 aromatic rings. The third-order valence-electron chi connectivity index (χ3n) is 4.32. The van der Waals surface area contributed by atoms with Crippen LogP contribution in [0.4, 0.5) is 5.69 Å². The fourth-order valence-electron chi connectivity index (χ4n) is 3.03. The lowest BCUT2D eigenvalue weighted by Gasteiger charge is -2.16. The van der Waals surface area contributed by atoms with Gasteiger partial charge in [-0.2, -0.15) is 0 Å². The normalized spacial score (nSPS) is 13.7. The fraction of sp³-hybridized carbons (Fsp3) is 0.333. The molecule has 0 aliphatic carbocycles. The number of hydrogen-bond donors (Lipinski definition) is 1. The van der Waals surface area contributed by atoms with Crippen molar-refractivity contribution in [3.8, 4) is 5.75 Å². The molecular formula is C21H23BrN2O3. The first kappa shape index (κ1) is 19.4. The van der Waals surface area contributed by atoms with Crippen LogP contribution in [-0.4, -0.2) is 35.9 Å². The largest absolute Gasteiger partial charge is 0.490 e. The van der Waals surface area contributed by atoms with Crippen molar-refractivity contribution in [3.63, 3.8) is 0 Å². The van der Waals surface area contributed by atoms with Gasteiger partial charge in [0.15, 0.2) is 0 Å². The molecule has 1 aliphatic rings. The average molecular weight is 431 g/mol. The first-order valence-electron chi connectivity index (χ1n) is 9.11. The third-order valence-corrected chi connectivity index (χ3v) is 4.94. The van der Waals surface area contributed by atoms with Crippen molar-refractivity contribution in [2.45, 2.75) is 32.8 Å². The molecule has 0 saturated carbocycles. The van der Waals surface area contributed by atoms with Gasteiger partial charge in [-0.3, -0.25) is 9.59 Å². The van der Waals surface area contributed by atoms with E-state index in [9.17, 15) is 9.59 Å². The molecule has 1 heterocycles. The van der Waals surface area contributed by atoms with Crippen LogP contribution in [0, 0.1) is 0 Å². The Bertz CT molecular complexity index is 845. The van der Waals surface area contributed by atoms with Crippen LogP contribution < -0.4 is 10.1 Å². The minimum absolute atomic E-state index is 0.0153. The minimum atomic E-state index is -0.238. The summed E-state index contributed by atoms with van der Waals surface area (Å²) in [6.07, 6.45) is 2.15. The number of nitrogens with zero attached hydrogens (tertiary/aromatic N) is 1. The van der Waals surface area contributed by atoms with Crippen LogP contribution >= 0.6 is 15.9 Å². The van der Waals surface area contributed by atoms with Gasteiger partial charge < -0.3 is 15.0 Å². The summed E-state index contributed by atoms with van der Waals surface area (Å²) in [5.41, 5.74) is 1.70. The van der Waals surface area contributed by atoms with Crippen LogP contribution in [0.25, 0.3) is 0 Å². The second-order valence-electron chi connectivity index (χ2n) is 6.85. The van der Waals surface area contributed by atoms with E-state index in [4.69, 9.17) is 4.74 Å². The van der Waals surface area contributed by atoms with Crippen molar-refractivity contribution in [1.29, 1.82) is 0 Å². The van der Waals surface area contributed by atoms with Gasteiger partial charge in [0.2, 0.25) is 0 Å². The Morgan fingerprint density at radius 2 is 1.81 bits per heavy atom. The standard InChI is InChI=1S/C21H23BrN2O3/c1-14(2)27-19-9-8-15(13-18(19)22)20(25)23-17-7-5-6-16(12-17)21(26)24-10-3-4-11-24/h5-9,12-14H,3-4,10-11H2,1-2H3,(H,23,25). The molecular weight excluding hydrogens is 408 g/mol. The van der Waals surface area contributed by atoms with Crippen molar-refractivity contribution in [2.75, 3.05) is 18.4 Å². The number of halogens is 1. The van der Waals surface area contributed by atoms with E-state index in [1.165, 1.54) is 0 Å². The van der Waals surface area contributed by atoms with Gasteiger partial charge in [-0.15, -0.1) is 0 Å². The minimum Gasteiger partial charge on any atom is -0.490 e. The predicted octanol–water partition coefficient (Wildman–Crippen LogP) is 4.72. The molecule has 1 fully saturated rings. The molecule has 0 spiro atoms. The van der Waals surface area contributed by atoms with Gasteiger partial charge in [-0.05, 0) is 79.0 Å². The van der Waals surface area contributed by atoms with Crippen molar-refractivity contribution in [3.05, 3.63) is 58.1 Å². The molecule has 5 nitrogen and oxygen atoms in total. The van der Waals surface area contributed by atoms with E-state index in [1.807, 2.05) is 18.7 Å². The molecule has 1 N–H and O–H groups in total. The van der Waals surface area contributed by atoms with Crippen LogP contribution in [0.3, 0.4) is 0 Å². The maximum absolute atomic E-state index is 12.6. The molecule has 0 radical (unpaired) electrons. The van der Waals surface area contributed by atoms with Gasteiger partial charge in [-0.25, -0.2) is 0 Å². The molecule has 3 rings (SSSR count). The molecule has 0 unspecified atom stereocenters. The lowest BCUT2D eigenvalue weighted by molar-refractivity contribution is 0.0792. The predicted molar refractivity (Wildman–Crippen MR) is 109 cm³/mol. The zero-order valence-electron chi connectivity index (χ0n) is 15.5. The zero-order chi connectivity index (χ0) is 19.4. The second-order valence-corrected chi connectivity index (χ2v) is 7.70. The van der Waals surface area contributed by atoms with Gasteiger partial charge >= 0.3 is 0 Å². The van der Waals surface area contributed by atoms with E-state index in [-0.39, 0.29) is 17.9 Å². The van der Waals surface area contributed by atoms with E-state index in [2.05, 4.69) is 21.2 Å². The SMILES string of the molecule is CC(C)Oc1ccc(C(=O)Nc2cccc(C(=O)N3CCCC3)c2)cc1Br. The number of carbonyl (C=O) groups excluding carboxylic acids is 2. The van der Waals surface area contributed by atoms with E-state index in [1.54, 1.807) is 42.5 Å². The quantitative estimate of drug-likeness (QED) is 0.745. The number of anilines is 1. The number of benzene rings is 2. The third kappa shape index (κ3) is 4.89. The highest BCUT2D eigenvalue weighted by Crippen LogP contribution is 2.27. The molecule has 6 heteroatoms. The lowest BCUT2D eigenvalue weighted by Crippen LogP contribution is -2.27. The Hall–Kier alpha value is -2.34. The molecule has 0 atom stereocenters. The van der Waals surface area contributed by atoms with Crippen LogP contribution in [-0.2, 0) is 0 Å². The second kappa shape index (κ2) is 8.57. The van der Waals surface area contributed by atoms with E-state index >= 15 is 0 Å². The first-order valence-corrected chi connectivity index (χ1v) is 9.90. The Morgan fingerprint density at radius 3 is 2.48 bits per heavy atom. The number of hydrogen-bond acceptors (Lipinski definition) is 3. The van der Waals surface area contributed by atoms with Gasteiger partial charge in [0.1, 0.15) is 5.75 Å². The van der Waals surface area contributed by atoms with Crippen molar-refractivity contribution in [1.82, 2.24) is 4.90 Å². The number of carbonyl (C=O) groups is 2. The highest BCUT2D eigenvalue weighted by atomic mass is 79.9. The number of nitrogens with one attached hydrogen (secondary N) is 1. The summed E-state index contributed by atoms with van der Waals surface area (Å²) in [5, 5.41) is 2.86. The van der Waals surface area contributed by atoms with Crippen molar-refractivity contribution in [2.24, 2.45) is 0 Å². The molecule has 27 heavy (non-hydrogen) atoms. The van der Waals surface area contributed by atoms with E-state index in [0.717, 1.165) is 30.4 Å². The number of likely N-dealkylation sites (tertiary alicyclic amines) is 1. The first-order chi connectivity index (χ1) is 12.9. The monoisotopic (exact) mass is 430 g/mol. The van der Waals surface area contributed by atoms with Gasteiger partial charge in [0.25, 0.3) is 11.8 Å². The highest BCUT2D eigenvalue weighted by Gasteiger charge is 2.20. The van der Waals surface area contributed by atoms with Crippen LogP contribution in [0.15, 0.2) is 46.9 Å². The maximum atomic E-state index is 12.6. The summed E-state index contributed by atoms with van der Waals surface area (Å²) in [7, 11) is 0. The summed E-state index contributed by atoms with van der Waals surface area (Å²) < 4.78 is 6.39. The summed E-state index contributed by atoms with van der Waals surface area (Å²) in [6.45, 7) is 5.50. The average Bonchev–Trinajstić information content (AvgIpc) is 3.17. The summed E-state index contributed by atoms with van der Waals surface area (Å²) >= 11 is 3.44. The van der Waals surface area contributed by atoms with Gasteiger partial charge in [-0.1, -0.05) is 6.07 Å². The smallest absolute Gasteiger partial charge is 0.255 e. The zero-order valence-corrected chi connectivity index (χ0v) is 17.1. The Kier molecular flexibility index (Phi) is 6.16. The molecule has 142 valence electrons. The van der Waals surface area contributed by atoms with Gasteiger partial charge in [0.05, 0.1) is 10.6 Å². The van der Waals surface area contributed by atoms with Gasteiger partial charge in [0, 0.05) is 29.9 Å². The summed E-state index contributed by atoms with van der Waals surface area (Å²) in [4.78, 5) is 26.9. The Labute approximate surface area is 167 Å². The topological polar surface area (TPSA) is 58.6 Å². The van der Waals surface area contributed by atoms with E-state index < -0.39 is 0 Å². The van der Waals surface area contributed by atoms with Crippen LogP contribution in [0.2, 0.25) is 0 Å². The Balaban J connectivity index is 1.71. The molecule has 0 aromatic heterocycles. The molecule has 1 aliphatic heterocycles. The highest BCUT2D eigenvalue weighted by molar-refractivity contribution is 9.10. The molecule has 0 bridgehead atoms. The van der Waals surface area contributed by atoms with Crippen LogP contribution in [0.5, 0.6) is 5.75 Å². The van der Waals surface area contributed by atoms with Crippen molar-refractivity contribution >= 4 is 33.4 Å². The number of ether oxygens (including phenoxy) is 1. The number of rotatable bonds is 5. The van der Waals surface area contributed by atoms with Crippen LogP contribution in [0.1, 0.15) is 47.4 Å².